The van der Waals surface area contributed by atoms with Crippen molar-refractivity contribution in [3.8, 4) is 0 Å². The van der Waals surface area contributed by atoms with Crippen LogP contribution in [-0.4, -0.2) is 20.1 Å². The van der Waals surface area contributed by atoms with Gasteiger partial charge in [0.15, 0.2) is 0 Å². The molecule has 1 aromatic heterocycles. The standard InChI is InChI=1S/C7H12BrN3/c1-7(2,3-8)4-11-6-9-5-10-11/h5-6H,3-4H2,1-2H3. The first-order valence-electron chi connectivity index (χ1n) is 3.52. The molecule has 0 aromatic carbocycles. The lowest BCUT2D eigenvalue weighted by molar-refractivity contribution is 0.335. The lowest BCUT2D eigenvalue weighted by Crippen LogP contribution is -2.21. The minimum absolute atomic E-state index is 0.244. The topological polar surface area (TPSA) is 30.7 Å². The SMILES string of the molecule is CC(C)(CBr)Cn1cncn1. The number of alkyl halides is 1. The van der Waals surface area contributed by atoms with Gasteiger partial charge in [-0.3, -0.25) is 4.68 Å². The highest BCUT2D eigenvalue weighted by atomic mass is 79.9. The van der Waals surface area contributed by atoms with Crippen molar-refractivity contribution < 1.29 is 0 Å². The summed E-state index contributed by atoms with van der Waals surface area (Å²) in [5.41, 5.74) is 0.244. The number of aromatic nitrogens is 3. The molecular weight excluding hydrogens is 206 g/mol. The van der Waals surface area contributed by atoms with E-state index in [4.69, 9.17) is 0 Å². The molecule has 1 heterocycles. The Morgan fingerprint density at radius 3 is 2.73 bits per heavy atom. The summed E-state index contributed by atoms with van der Waals surface area (Å²) in [6, 6.07) is 0. The Kier molecular flexibility index (Phi) is 2.65. The molecule has 0 bridgehead atoms. The third-order valence-corrected chi connectivity index (χ3v) is 2.94. The zero-order valence-corrected chi connectivity index (χ0v) is 8.37. The molecule has 4 heteroatoms. The molecule has 0 saturated carbocycles. The van der Waals surface area contributed by atoms with Gasteiger partial charge in [0.25, 0.3) is 0 Å². The molecule has 0 aliphatic heterocycles. The molecule has 0 aliphatic carbocycles. The van der Waals surface area contributed by atoms with Gasteiger partial charge in [-0.05, 0) is 5.41 Å². The highest BCUT2D eigenvalue weighted by Crippen LogP contribution is 2.19. The number of halogens is 1. The van der Waals surface area contributed by atoms with E-state index in [0.717, 1.165) is 11.9 Å². The maximum atomic E-state index is 4.03. The maximum absolute atomic E-state index is 4.03. The second kappa shape index (κ2) is 3.34. The molecule has 1 aromatic rings. The molecule has 0 fully saturated rings. The summed E-state index contributed by atoms with van der Waals surface area (Å²) < 4.78 is 1.85. The molecule has 0 spiro atoms. The van der Waals surface area contributed by atoms with E-state index in [-0.39, 0.29) is 5.41 Å². The fraction of sp³-hybridized carbons (Fsp3) is 0.714. The Morgan fingerprint density at radius 1 is 1.55 bits per heavy atom. The van der Waals surface area contributed by atoms with E-state index in [9.17, 15) is 0 Å². The first-order chi connectivity index (χ1) is 5.14. The van der Waals surface area contributed by atoms with E-state index in [0.29, 0.717) is 0 Å². The lowest BCUT2D eigenvalue weighted by Gasteiger charge is -2.20. The largest absolute Gasteiger partial charge is 0.252 e. The van der Waals surface area contributed by atoms with Crippen LogP contribution in [0.15, 0.2) is 12.7 Å². The van der Waals surface area contributed by atoms with Crippen molar-refractivity contribution in [2.24, 2.45) is 5.41 Å². The van der Waals surface area contributed by atoms with Gasteiger partial charge in [0, 0.05) is 11.9 Å². The summed E-state index contributed by atoms with van der Waals surface area (Å²) in [4.78, 5) is 3.88. The molecule has 0 atom stereocenters. The Labute approximate surface area is 75.0 Å². The molecular formula is C7H12BrN3. The minimum Gasteiger partial charge on any atom is -0.252 e. The number of rotatable bonds is 3. The van der Waals surface area contributed by atoms with Gasteiger partial charge in [-0.1, -0.05) is 29.8 Å². The maximum Gasteiger partial charge on any atom is 0.137 e. The highest BCUT2D eigenvalue weighted by molar-refractivity contribution is 9.09. The molecule has 11 heavy (non-hydrogen) atoms. The van der Waals surface area contributed by atoms with Gasteiger partial charge in [0.1, 0.15) is 12.7 Å². The molecule has 0 N–H and O–H groups in total. The zero-order chi connectivity index (χ0) is 8.32. The summed E-state index contributed by atoms with van der Waals surface area (Å²) in [5, 5.41) is 5.01. The fourth-order valence-corrected chi connectivity index (χ4v) is 0.972. The van der Waals surface area contributed by atoms with Gasteiger partial charge in [0.2, 0.25) is 0 Å². The van der Waals surface area contributed by atoms with Crippen LogP contribution in [0.5, 0.6) is 0 Å². The second-order valence-electron chi connectivity index (χ2n) is 3.39. The van der Waals surface area contributed by atoms with Crippen LogP contribution < -0.4 is 0 Å². The molecule has 1 rings (SSSR count). The molecule has 3 nitrogen and oxygen atoms in total. The van der Waals surface area contributed by atoms with Gasteiger partial charge < -0.3 is 0 Å². The van der Waals surface area contributed by atoms with Crippen molar-refractivity contribution in [1.82, 2.24) is 14.8 Å². The zero-order valence-electron chi connectivity index (χ0n) is 6.79. The van der Waals surface area contributed by atoms with Gasteiger partial charge >= 0.3 is 0 Å². The lowest BCUT2D eigenvalue weighted by atomic mass is 9.97. The molecule has 0 radical (unpaired) electrons. The summed E-state index contributed by atoms with van der Waals surface area (Å²) in [5.74, 6) is 0. The highest BCUT2D eigenvalue weighted by Gasteiger charge is 2.16. The van der Waals surface area contributed by atoms with Crippen LogP contribution in [-0.2, 0) is 6.54 Å². The predicted molar refractivity (Wildman–Crippen MR) is 47.6 cm³/mol. The Balaban J connectivity index is 2.56. The number of hydrogen-bond acceptors (Lipinski definition) is 2. The summed E-state index contributed by atoms with van der Waals surface area (Å²) in [7, 11) is 0. The third-order valence-electron chi connectivity index (χ3n) is 1.42. The van der Waals surface area contributed by atoms with Crippen molar-refractivity contribution in [3.05, 3.63) is 12.7 Å². The van der Waals surface area contributed by atoms with Crippen LogP contribution in [0, 0.1) is 5.41 Å². The summed E-state index contributed by atoms with van der Waals surface area (Å²) >= 11 is 3.46. The van der Waals surface area contributed by atoms with E-state index in [2.05, 4.69) is 39.9 Å². The monoisotopic (exact) mass is 217 g/mol. The molecule has 0 unspecified atom stereocenters. The minimum atomic E-state index is 0.244. The Bertz CT molecular complexity index is 205. The van der Waals surface area contributed by atoms with Crippen molar-refractivity contribution in [2.45, 2.75) is 20.4 Å². The number of hydrogen-bond donors (Lipinski definition) is 0. The predicted octanol–water partition coefficient (Wildman–Crippen LogP) is 1.70. The molecule has 0 aliphatic rings. The van der Waals surface area contributed by atoms with Crippen LogP contribution in [0.4, 0.5) is 0 Å². The average Bonchev–Trinajstić information content (AvgIpc) is 2.39. The van der Waals surface area contributed by atoms with Gasteiger partial charge in [-0.15, -0.1) is 0 Å². The summed E-state index contributed by atoms with van der Waals surface area (Å²) in [6.07, 6.45) is 3.30. The van der Waals surface area contributed by atoms with Gasteiger partial charge in [-0.2, -0.15) is 5.10 Å². The molecule has 0 amide bonds. The van der Waals surface area contributed by atoms with Crippen molar-refractivity contribution in [1.29, 1.82) is 0 Å². The summed E-state index contributed by atoms with van der Waals surface area (Å²) in [6.45, 7) is 5.27. The van der Waals surface area contributed by atoms with Crippen LogP contribution in [0.1, 0.15) is 13.8 Å². The van der Waals surface area contributed by atoms with Crippen molar-refractivity contribution >= 4 is 15.9 Å². The van der Waals surface area contributed by atoms with Crippen LogP contribution in [0.3, 0.4) is 0 Å². The smallest absolute Gasteiger partial charge is 0.137 e. The van der Waals surface area contributed by atoms with Crippen LogP contribution >= 0.6 is 15.9 Å². The van der Waals surface area contributed by atoms with Crippen LogP contribution in [0.2, 0.25) is 0 Å². The van der Waals surface area contributed by atoms with Gasteiger partial charge in [-0.25, -0.2) is 4.98 Å². The normalized spacial score (nSPS) is 11.9. The van der Waals surface area contributed by atoms with Gasteiger partial charge in [0.05, 0.1) is 0 Å². The van der Waals surface area contributed by atoms with Crippen molar-refractivity contribution in [2.75, 3.05) is 5.33 Å². The molecule has 0 saturated heterocycles. The van der Waals surface area contributed by atoms with E-state index >= 15 is 0 Å². The first-order valence-corrected chi connectivity index (χ1v) is 4.64. The Morgan fingerprint density at radius 2 is 2.27 bits per heavy atom. The third kappa shape index (κ3) is 2.61. The first kappa shape index (κ1) is 8.71. The quantitative estimate of drug-likeness (QED) is 0.723. The Hall–Kier alpha value is -0.380. The number of nitrogens with zero attached hydrogens (tertiary/aromatic N) is 3. The van der Waals surface area contributed by atoms with E-state index in [1.807, 2.05) is 4.68 Å². The van der Waals surface area contributed by atoms with E-state index < -0.39 is 0 Å². The van der Waals surface area contributed by atoms with Crippen molar-refractivity contribution in [3.63, 3.8) is 0 Å². The van der Waals surface area contributed by atoms with E-state index in [1.54, 1.807) is 12.7 Å². The fourth-order valence-electron chi connectivity index (χ4n) is 0.795. The van der Waals surface area contributed by atoms with Crippen LogP contribution in [0.25, 0.3) is 0 Å². The average molecular weight is 218 g/mol. The second-order valence-corrected chi connectivity index (χ2v) is 3.95. The van der Waals surface area contributed by atoms with E-state index in [1.165, 1.54) is 0 Å². The molecule has 62 valence electrons.